The number of aryl methyl sites for hydroxylation is 1. The van der Waals surface area contributed by atoms with Crippen molar-refractivity contribution >= 4 is 44.0 Å². The van der Waals surface area contributed by atoms with Crippen molar-refractivity contribution in [1.29, 1.82) is 0 Å². The summed E-state index contributed by atoms with van der Waals surface area (Å²) in [5.41, 5.74) is 1.46. The Morgan fingerprint density at radius 1 is 1.13 bits per heavy atom. The molecule has 2 N–H and O–H groups in total. The lowest BCUT2D eigenvalue weighted by Crippen LogP contribution is -2.36. The van der Waals surface area contributed by atoms with E-state index in [1.165, 1.54) is 0 Å². The highest BCUT2D eigenvalue weighted by molar-refractivity contribution is 7.91. The highest BCUT2D eigenvalue weighted by Crippen LogP contribution is 2.21. The molecule has 0 aliphatic rings. The van der Waals surface area contributed by atoms with Crippen LogP contribution in [0.15, 0.2) is 52.9 Å². The molecule has 1 aromatic heterocycles. The van der Waals surface area contributed by atoms with Crippen LogP contribution in [0.1, 0.15) is 22.8 Å². The molecule has 1 heterocycles. The molecule has 0 spiro atoms. The maximum atomic E-state index is 12.5. The first kappa shape index (κ1) is 22.2. The Hall–Kier alpha value is -2.53. The van der Waals surface area contributed by atoms with Crippen molar-refractivity contribution in [3.05, 3.63) is 64.7 Å². The van der Waals surface area contributed by atoms with Gasteiger partial charge in [0.05, 0.1) is 6.04 Å². The van der Waals surface area contributed by atoms with E-state index >= 15 is 0 Å². The fourth-order valence-corrected chi connectivity index (χ4v) is 4.61. The van der Waals surface area contributed by atoms with Gasteiger partial charge in [-0.3, -0.25) is 10.1 Å². The summed E-state index contributed by atoms with van der Waals surface area (Å²) >= 11 is 6.55. The molecule has 3 rings (SSSR count). The van der Waals surface area contributed by atoms with Crippen LogP contribution in [-0.4, -0.2) is 37.2 Å². The summed E-state index contributed by atoms with van der Waals surface area (Å²) in [6.07, 6.45) is 0. The zero-order valence-electron chi connectivity index (χ0n) is 16.1. The normalized spacial score (nSPS) is 12.4. The summed E-state index contributed by atoms with van der Waals surface area (Å²) in [5.74, 6) is 0.203. The summed E-state index contributed by atoms with van der Waals surface area (Å²) in [6, 6.07) is 13.2. The molecule has 0 saturated carbocycles. The molecule has 1 amide bonds. The van der Waals surface area contributed by atoms with E-state index in [1.54, 1.807) is 31.2 Å². The van der Waals surface area contributed by atoms with Gasteiger partial charge in [-0.1, -0.05) is 40.6 Å². The van der Waals surface area contributed by atoms with Crippen molar-refractivity contribution in [3.63, 3.8) is 0 Å². The van der Waals surface area contributed by atoms with E-state index in [0.717, 1.165) is 16.9 Å². The fraction of sp³-hybridized carbons (Fsp3) is 0.211. The molecule has 0 aliphatic heterocycles. The van der Waals surface area contributed by atoms with Crippen LogP contribution in [0.3, 0.4) is 0 Å². The second-order valence-electron chi connectivity index (χ2n) is 6.48. The first-order valence-electron chi connectivity index (χ1n) is 8.85. The number of carbonyl (C=O) groups excluding carboxylic acids is 1. The molecule has 0 bridgehead atoms. The molecule has 30 heavy (non-hydrogen) atoms. The number of nitrogens with zero attached hydrogens (tertiary/aromatic N) is 2. The Morgan fingerprint density at radius 2 is 1.80 bits per heavy atom. The Bertz CT molecular complexity index is 1120. The third-order valence-corrected chi connectivity index (χ3v) is 6.89. The van der Waals surface area contributed by atoms with Gasteiger partial charge in [0, 0.05) is 10.6 Å². The Morgan fingerprint density at radius 3 is 2.47 bits per heavy atom. The van der Waals surface area contributed by atoms with E-state index in [0.29, 0.717) is 16.3 Å². The van der Waals surface area contributed by atoms with Crippen LogP contribution in [-0.2, 0) is 10.0 Å². The number of aromatic nitrogens is 2. The van der Waals surface area contributed by atoms with Crippen molar-refractivity contribution in [1.82, 2.24) is 14.9 Å². The molecule has 0 saturated heterocycles. The minimum absolute atomic E-state index is 0.0684. The zero-order chi connectivity index (χ0) is 21.7. The quantitative estimate of drug-likeness (QED) is 0.491. The van der Waals surface area contributed by atoms with Gasteiger partial charge in [-0.05, 0) is 50.2 Å². The van der Waals surface area contributed by atoms with Gasteiger partial charge in [-0.2, -0.15) is 0 Å². The maximum Gasteiger partial charge on any atom is 0.270 e. The number of amides is 1. The summed E-state index contributed by atoms with van der Waals surface area (Å²) in [6.45, 7) is 3.78. The summed E-state index contributed by atoms with van der Waals surface area (Å²) in [5, 5.41) is 10.5. The summed E-state index contributed by atoms with van der Waals surface area (Å²) in [7, 11) is -3.91. The third-order valence-electron chi connectivity index (χ3n) is 3.84. The smallest absolute Gasteiger partial charge is 0.270 e. The summed E-state index contributed by atoms with van der Waals surface area (Å²) in [4.78, 5) is 12.2. The number of benzene rings is 2. The van der Waals surface area contributed by atoms with E-state index in [9.17, 15) is 13.2 Å². The molecule has 0 aliphatic carbocycles. The van der Waals surface area contributed by atoms with Gasteiger partial charge in [0.1, 0.15) is 12.4 Å². The number of rotatable bonds is 8. The van der Waals surface area contributed by atoms with Gasteiger partial charge in [-0.15, -0.1) is 10.2 Å². The van der Waals surface area contributed by atoms with Crippen LogP contribution in [0.2, 0.25) is 5.02 Å². The standard InChI is InChI=1S/C19H19ClN4O4S2/c1-12-3-9-16(10-4-12)28-11-13(2)24-30(26,27)19-23-22-18(29-19)21-17(25)14-5-7-15(20)8-6-14/h3-10,13,24H,11H2,1-2H3,(H,21,22,25)/t13-/m0/s1. The lowest BCUT2D eigenvalue weighted by molar-refractivity contribution is 0.102. The molecule has 8 nitrogen and oxygen atoms in total. The van der Waals surface area contributed by atoms with E-state index in [-0.39, 0.29) is 16.1 Å². The largest absolute Gasteiger partial charge is 0.492 e. The van der Waals surface area contributed by atoms with Crippen LogP contribution >= 0.6 is 22.9 Å². The third kappa shape index (κ3) is 5.99. The molecule has 11 heteroatoms. The maximum absolute atomic E-state index is 12.5. The van der Waals surface area contributed by atoms with Gasteiger partial charge in [0.15, 0.2) is 0 Å². The second kappa shape index (κ2) is 9.52. The van der Waals surface area contributed by atoms with Crippen molar-refractivity contribution < 1.29 is 17.9 Å². The monoisotopic (exact) mass is 466 g/mol. The molecular weight excluding hydrogens is 448 g/mol. The fourth-order valence-electron chi connectivity index (χ4n) is 2.34. The molecule has 2 aromatic carbocycles. The zero-order valence-corrected chi connectivity index (χ0v) is 18.5. The molecule has 0 fully saturated rings. The minimum Gasteiger partial charge on any atom is -0.492 e. The Balaban J connectivity index is 1.58. The minimum atomic E-state index is -3.91. The van der Waals surface area contributed by atoms with Crippen molar-refractivity contribution in [2.24, 2.45) is 0 Å². The number of hydrogen-bond acceptors (Lipinski definition) is 7. The first-order chi connectivity index (χ1) is 14.2. The number of nitrogens with one attached hydrogen (secondary N) is 2. The SMILES string of the molecule is Cc1ccc(OC[C@H](C)NS(=O)(=O)c2nnc(NC(=O)c3ccc(Cl)cc3)s2)cc1. The number of hydrogen-bond donors (Lipinski definition) is 2. The van der Waals surface area contributed by atoms with Crippen LogP contribution in [0.4, 0.5) is 5.13 Å². The highest BCUT2D eigenvalue weighted by atomic mass is 35.5. The predicted molar refractivity (Wildman–Crippen MR) is 116 cm³/mol. The number of ether oxygens (including phenoxy) is 1. The molecule has 158 valence electrons. The Kier molecular flexibility index (Phi) is 7.03. The van der Waals surface area contributed by atoms with Crippen LogP contribution in [0, 0.1) is 6.92 Å². The number of sulfonamides is 1. The van der Waals surface area contributed by atoms with E-state index in [2.05, 4.69) is 20.2 Å². The molecular formula is C19H19ClN4O4S2. The predicted octanol–water partition coefficient (Wildman–Crippen LogP) is 3.50. The van der Waals surface area contributed by atoms with Gasteiger partial charge >= 0.3 is 0 Å². The molecule has 0 radical (unpaired) electrons. The topological polar surface area (TPSA) is 110 Å². The number of carbonyl (C=O) groups is 1. The second-order valence-corrected chi connectivity index (χ2v) is 9.78. The lowest BCUT2D eigenvalue weighted by Gasteiger charge is -2.14. The average molecular weight is 467 g/mol. The van der Waals surface area contributed by atoms with Gasteiger partial charge in [0.25, 0.3) is 15.9 Å². The van der Waals surface area contributed by atoms with Crippen LogP contribution in [0.25, 0.3) is 0 Å². The van der Waals surface area contributed by atoms with Crippen molar-refractivity contribution in [2.75, 3.05) is 11.9 Å². The molecule has 0 unspecified atom stereocenters. The van der Waals surface area contributed by atoms with Crippen LogP contribution < -0.4 is 14.8 Å². The number of anilines is 1. The highest BCUT2D eigenvalue weighted by Gasteiger charge is 2.23. The van der Waals surface area contributed by atoms with Gasteiger partial charge < -0.3 is 4.74 Å². The summed E-state index contributed by atoms with van der Waals surface area (Å²) < 4.78 is 32.9. The van der Waals surface area contributed by atoms with Crippen molar-refractivity contribution in [2.45, 2.75) is 24.2 Å². The number of halogens is 1. The van der Waals surface area contributed by atoms with E-state index < -0.39 is 22.0 Å². The van der Waals surface area contributed by atoms with Crippen molar-refractivity contribution in [3.8, 4) is 5.75 Å². The first-order valence-corrected chi connectivity index (χ1v) is 11.5. The Labute approximate surface area is 183 Å². The molecule has 3 aromatic rings. The van der Waals surface area contributed by atoms with Gasteiger partial charge in [0.2, 0.25) is 9.47 Å². The van der Waals surface area contributed by atoms with Gasteiger partial charge in [-0.25, -0.2) is 13.1 Å². The molecule has 1 atom stereocenters. The average Bonchev–Trinajstić information content (AvgIpc) is 3.17. The van der Waals surface area contributed by atoms with E-state index in [1.807, 2.05) is 31.2 Å². The lowest BCUT2D eigenvalue weighted by atomic mass is 10.2. The van der Waals surface area contributed by atoms with Crippen LogP contribution in [0.5, 0.6) is 5.75 Å². The van der Waals surface area contributed by atoms with E-state index in [4.69, 9.17) is 16.3 Å².